The molecule has 1 saturated heterocycles. The van der Waals surface area contributed by atoms with E-state index in [9.17, 15) is 0 Å². The van der Waals surface area contributed by atoms with Crippen molar-refractivity contribution in [2.75, 3.05) is 19.6 Å². The molecule has 2 rings (SSSR count). The minimum absolute atomic E-state index is 0.572. The minimum atomic E-state index is 0.572. The molecule has 1 aromatic rings. The van der Waals surface area contributed by atoms with Gasteiger partial charge < -0.3 is 5.32 Å². The molecule has 15 heavy (non-hydrogen) atoms. The average Bonchev–Trinajstić information content (AvgIpc) is 2.24. The normalized spacial score (nSPS) is 22.9. The Labute approximate surface area is 95.4 Å². The molecular weight excluding hydrogens is 210 g/mol. The third-order valence-corrected chi connectivity index (χ3v) is 3.21. The third-order valence-electron chi connectivity index (χ3n) is 2.87. The van der Waals surface area contributed by atoms with E-state index in [0.29, 0.717) is 6.04 Å². The summed E-state index contributed by atoms with van der Waals surface area (Å²) in [4.78, 5) is 6.44. The van der Waals surface area contributed by atoms with Crippen LogP contribution in [0.5, 0.6) is 0 Å². The lowest BCUT2D eigenvalue weighted by Crippen LogP contribution is -2.49. The van der Waals surface area contributed by atoms with E-state index in [4.69, 9.17) is 11.6 Å². The van der Waals surface area contributed by atoms with Gasteiger partial charge in [0.25, 0.3) is 0 Å². The van der Waals surface area contributed by atoms with Gasteiger partial charge in [-0.15, -0.1) is 0 Å². The zero-order valence-electron chi connectivity index (χ0n) is 8.91. The summed E-state index contributed by atoms with van der Waals surface area (Å²) in [6, 6.07) is 2.57. The monoisotopic (exact) mass is 225 g/mol. The topological polar surface area (TPSA) is 28.2 Å². The molecule has 0 aliphatic carbocycles. The van der Waals surface area contributed by atoms with E-state index in [0.717, 1.165) is 31.2 Å². The molecule has 0 amide bonds. The summed E-state index contributed by atoms with van der Waals surface area (Å²) >= 11 is 6.09. The maximum absolute atomic E-state index is 6.09. The summed E-state index contributed by atoms with van der Waals surface area (Å²) in [6.07, 6.45) is 3.51. The van der Waals surface area contributed by atoms with Crippen molar-refractivity contribution in [2.45, 2.75) is 19.5 Å². The van der Waals surface area contributed by atoms with Gasteiger partial charge in [-0.1, -0.05) is 11.6 Å². The van der Waals surface area contributed by atoms with Crippen LogP contribution in [0.15, 0.2) is 18.5 Å². The van der Waals surface area contributed by atoms with Gasteiger partial charge in [-0.25, -0.2) is 0 Å². The first-order valence-electron chi connectivity index (χ1n) is 5.30. The molecule has 0 aromatic carbocycles. The molecule has 0 saturated carbocycles. The van der Waals surface area contributed by atoms with Crippen LogP contribution < -0.4 is 5.32 Å². The predicted octanol–water partition coefficient (Wildman–Crippen LogP) is 1.53. The van der Waals surface area contributed by atoms with E-state index in [-0.39, 0.29) is 0 Å². The highest BCUT2D eigenvalue weighted by atomic mass is 35.5. The van der Waals surface area contributed by atoms with Crippen molar-refractivity contribution < 1.29 is 0 Å². The Bertz CT molecular complexity index is 329. The molecule has 1 N–H and O–H groups in total. The molecule has 82 valence electrons. The number of aromatic nitrogens is 1. The van der Waals surface area contributed by atoms with E-state index >= 15 is 0 Å². The molecule has 1 aromatic heterocycles. The van der Waals surface area contributed by atoms with Crippen LogP contribution in [0.1, 0.15) is 12.5 Å². The second kappa shape index (κ2) is 4.92. The highest BCUT2D eigenvalue weighted by molar-refractivity contribution is 6.31. The summed E-state index contributed by atoms with van der Waals surface area (Å²) in [5.74, 6) is 0. The number of halogens is 1. The fourth-order valence-corrected chi connectivity index (χ4v) is 2.05. The third kappa shape index (κ3) is 2.68. The molecule has 1 fully saturated rings. The van der Waals surface area contributed by atoms with Gasteiger partial charge in [-0.3, -0.25) is 9.88 Å². The number of rotatable bonds is 2. The number of piperazine rings is 1. The van der Waals surface area contributed by atoms with Crippen molar-refractivity contribution >= 4 is 11.6 Å². The average molecular weight is 226 g/mol. The standard InChI is InChI=1S/C11H16ClN3/c1-9-6-14-4-5-15(9)8-10-2-3-13-7-11(10)12/h2-3,7,9,14H,4-6,8H2,1H3/t9-/m1/s1. The van der Waals surface area contributed by atoms with Crippen molar-refractivity contribution in [1.29, 1.82) is 0 Å². The minimum Gasteiger partial charge on any atom is -0.314 e. The van der Waals surface area contributed by atoms with Crippen molar-refractivity contribution in [3.63, 3.8) is 0 Å². The summed E-state index contributed by atoms with van der Waals surface area (Å²) in [7, 11) is 0. The molecule has 0 bridgehead atoms. The summed E-state index contributed by atoms with van der Waals surface area (Å²) < 4.78 is 0. The number of hydrogen-bond donors (Lipinski definition) is 1. The van der Waals surface area contributed by atoms with Crippen LogP contribution in [-0.4, -0.2) is 35.6 Å². The summed E-state index contributed by atoms with van der Waals surface area (Å²) in [5.41, 5.74) is 1.17. The van der Waals surface area contributed by atoms with Crippen LogP contribution in [0.2, 0.25) is 5.02 Å². The number of nitrogens with one attached hydrogen (secondary N) is 1. The first-order valence-corrected chi connectivity index (χ1v) is 5.68. The Balaban J connectivity index is 2.04. The number of pyridine rings is 1. The van der Waals surface area contributed by atoms with Crippen molar-refractivity contribution in [1.82, 2.24) is 15.2 Å². The van der Waals surface area contributed by atoms with Gasteiger partial charge in [0.05, 0.1) is 5.02 Å². The Hall–Kier alpha value is -0.640. The number of nitrogens with zero attached hydrogens (tertiary/aromatic N) is 2. The van der Waals surface area contributed by atoms with Gasteiger partial charge in [-0.2, -0.15) is 0 Å². The maximum atomic E-state index is 6.09. The van der Waals surface area contributed by atoms with Crippen molar-refractivity contribution in [2.24, 2.45) is 0 Å². The van der Waals surface area contributed by atoms with Crippen LogP contribution in [0.3, 0.4) is 0 Å². The van der Waals surface area contributed by atoms with E-state index < -0.39 is 0 Å². The first-order chi connectivity index (χ1) is 7.27. The predicted molar refractivity (Wildman–Crippen MR) is 62.0 cm³/mol. The molecule has 3 nitrogen and oxygen atoms in total. The fourth-order valence-electron chi connectivity index (χ4n) is 1.87. The fraction of sp³-hybridized carbons (Fsp3) is 0.545. The van der Waals surface area contributed by atoms with Gasteiger partial charge in [-0.05, 0) is 18.6 Å². The van der Waals surface area contributed by atoms with Crippen LogP contribution in [0.4, 0.5) is 0 Å². The summed E-state index contributed by atoms with van der Waals surface area (Å²) in [6.45, 7) is 6.36. The van der Waals surface area contributed by atoms with E-state index in [2.05, 4.69) is 22.1 Å². The zero-order chi connectivity index (χ0) is 10.7. The Morgan fingerprint density at radius 2 is 2.53 bits per heavy atom. The Morgan fingerprint density at radius 3 is 3.27 bits per heavy atom. The SMILES string of the molecule is C[C@@H]1CNCCN1Cc1ccncc1Cl. The van der Waals surface area contributed by atoms with Gasteiger partial charge in [0.15, 0.2) is 0 Å². The highest BCUT2D eigenvalue weighted by Crippen LogP contribution is 2.17. The number of hydrogen-bond acceptors (Lipinski definition) is 3. The van der Waals surface area contributed by atoms with Crippen molar-refractivity contribution in [3.05, 3.63) is 29.0 Å². The van der Waals surface area contributed by atoms with E-state index in [1.54, 1.807) is 12.4 Å². The molecule has 0 spiro atoms. The van der Waals surface area contributed by atoms with E-state index in [1.807, 2.05) is 6.07 Å². The van der Waals surface area contributed by atoms with Crippen LogP contribution in [0, 0.1) is 0 Å². The molecule has 1 atom stereocenters. The van der Waals surface area contributed by atoms with Gasteiger partial charge in [0, 0.05) is 44.6 Å². The van der Waals surface area contributed by atoms with Crippen LogP contribution in [0.25, 0.3) is 0 Å². The van der Waals surface area contributed by atoms with Gasteiger partial charge >= 0.3 is 0 Å². The summed E-state index contributed by atoms with van der Waals surface area (Å²) in [5, 5.41) is 4.14. The smallest absolute Gasteiger partial charge is 0.0634 e. The quantitative estimate of drug-likeness (QED) is 0.828. The molecule has 0 radical (unpaired) electrons. The lowest BCUT2D eigenvalue weighted by molar-refractivity contribution is 0.165. The van der Waals surface area contributed by atoms with E-state index in [1.165, 1.54) is 5.56 Å². The van der Waals surface area contributed by atoms with Gasteiger partial charge in [0.1, 0.15) is 0 Å². The Kier molecular flexibility index (Phi) is 3.57. The molecule has 4 heteroatoms. The second-order valence-electron chi connectivity index (χ2n) is 3.99. The molecule has 1 aliphatic heterocycles. The van der Waals surface area contributed by atoms with Crippen molar-refractivity contribution in [3.8, 4) is 0 Å². The van der Waals surface area contributed by atoms with Gasteiger partial charge in [0.2, 0.25) is 0 Å². The lowest BCUT2D eigenvalue weighted by atomic mass is 10.1. The lowest BCUT2D eigenvalue weighted by Gasteiger charge is -2.34. The van der Waals surface area contributed by atoms with Crippen LogP contribution >= 0.6 is 11.6 Å². The largest absolute Gasteiger partial charge is 0.314 e. The molecule has 2 heterocycles. The molecular formula is C11H16ClN3. The Morgan fingerprint density at radius 1 is 1.67 bits per heavy atom. The second-order valence-corrected chi connectivity index (χ2v) is 4.40. The highest BCUT2D eigenvalue weighted by Gasteiger charge is 2.18. The molecule has 1 aliphatic rings. The van der Waals surface area contributed by atoms with Crippen LogP contribution in [-0.2, 0) is 6.54 Å². The first kappa shape index (κ1) is 10.9. The zero-order valence-corrected chi connectivity index (χ0v) is 9.67. The maximum Gasteiger partial charge on any atom is 0.0634 e. The molecule has 0 unspecified atom stereocenters.